The van der Waals surface area contributed by atoms with Gasteiger partial charge in [-0.25, -0.2) is 14.8 Å². The molecule has 1 saturated heterocycles. The Labute approximate surface area is 197 Å². The molecule has 0 bridgehead atoms. The van der Waals surface area contributed by atoms with Gasteiger partial charge in [0.1, 0.15) is 11.1 Å². The number of nitrogens with one attached hydrogen (secondary N) is 1. The number of aromatic nitrogens is 4. The van der Waals surface area contributed by atoms with Crippen molar-refractivity contribution in [2.75, 3.05) is 25.4 Å². The zero-order chi connectivity index (χ0) is 23.2. The molecule has 33 heavy (non-hydrogen) atoms. The van der Waals surface area contributed by atoms with Gasteiger partial charge in [-0.1, -0.05) is 0 Å². The van der Waals surface area contributed by atoms with Crippen LogP contribution in [-0.4, -0.2) is 50.3 Å². The van der Waals surface area contributed by atoms with Crippen LogP contribution in [0.3, 0.4) is 0 Å². The van der Waals surface area contributed by atoms with E-state index >= 15 is 0 Å². The first kappa shape index (κ1) is 21.7. The van der Waals surface area contributed by atoms with E-state index in [4.69, 9.17) is 15.6 Å². The molecular formula is C23H29N7O2S. The molecule has 174 valence electrons. The molecule has 0 aromatic carbocycles. The molecule has 1 fully saturated rings. The monoisotopic (exact) mass is 467 g/mol. The third kappa shape index (κ3) is 3.92. The van der Waals surface area contributed by atoms with Crippen LogP contribution in [0.5, 0.6) is 5.75 Å². The maximum absolute atomic E-state index is 12.3. The number of urea groups is 1. The molecule has 1 spiro atoms. The summed E-state index contributed by atoms with van der Waals surface area (Å²) in [6, 6.07) is 4.06. The van der Waals surface area contributed by atoms with Crippen LogP contribution in [0.4, 0.5) is 10.6 Å². The second kappa shape index (κ2) is 8.33. The van der Waals surface area contributed by atoms with E-state index in [9.17, 15) is 4.79 Å². The van der Waals surface area contributed by atoms with E-state index in [-0.39, 0.29) is 17.6 Å². The number of anilines is 1. The summed E-state index contributed by atoms with van der Waals surface area (Å²) in [5.74, 6) is 0.870. The van der Waals surface area contributed by atoms with Gasteiger partial charge in [-0.3, -0.25) is 4.68 Å². The van der Waals surface area contributed by atoms with Gasteiger partial charge >= 0.3 is 6.03 Å². The number of pyridine rings is 1. The van der Waals surface area contributed by atoms with E-state index in [0.29, 0.717) is 18.1 Å². The van der Waals surface area contributed by atoms with E-state index in [0.717, 1.165) is 54.4 Å². The minimum atomic E-state index is -0.225. The smallest absolute Gasteiger partial charge is 0.317 e. The van der Waals surface area contributed by atoms with Crippen LogP contribution in [0.2, 0.25) is 0 Å². The molecule has 5 heterocycles. The maximum atomic E-state index is 12.3. The number of nitrogen functional groups attached to an aromatic ring is 1. The summed E-state index contributed by atoms with van der Waals surface area (Å²) < 4.78 is 8.19. The number of rotatable bonds is 5. The molecule has 2 amide bonds. The lowest BCUT2D eigenvalue weighted by molar-refractivity contribution is 0.206. The van der Waals surface area contributed by atoms with E-state index < -0.39 is 0 Å². The average molecular weight is 468 g/mol. The number of aryl methyl sites for hydroxylation is 2. The summed E-state index contributed by atoms with van der Waals surface area (Å²) in [7, 11) is 0. The Hall–Kier alpha value is -3.14. The Kier molecular flexibility index (Phi) is 5.48. The zero-order valence-electron chi connectivity index (χ0n) is 19.2. The number of ether oxygens (including phenoxy) is 1. The van der Waals surface area contributed by atoms with E-state index in [1.165, 1.54) is 5.69 Å². The number of carbonyl (C=O) groups excluding carboxylic acids is 1. The molecule has 1 unspecified atom stereocenters. The predicted octanol–water partition coefficient (Wildman–Crippen LogP) is 3.51. The van der Waals surface area contributed by atoms with Crippen molar-refractivity contribution in [3.8, 4) is 17.0 Å². The molecule has 0 radical (unpaired) electrons. The lowest BCUT2D eigenvalue weighted by Crippen LogP contribution is -2.40. The van der Waals surface area contributed by atoms with Crippen LogP contribution in [0.15, 0.2) is 23.7 Å². The Balaban J connectivity index is 1.38. The summed E-state index contributed by atoms with van der Waals surface area (Å²) in [6.07, 6.45) is 3.47. The molecule has 3 aromatic rings. The maximum Gasteiger partial charge on any atom is 0.317 e. The number of nitrogens with two attached hydrogens (primary N) is 1. The number of hydrogen-bond acceptors (Lipinski definition) is 7. The highest BCUT2D eigenvalue weighted by Crippen LogP contribution is 2.44. The highest BCUT2D eigenvalue weighted by Gasteiger charge is 2.46. The van der Waals surface area contributed by atoms with Gasteiger partial charge in [0.05, 0.1) is 5.69 Å². The first-order valence-electron chi connectivity index (χ1n) is 11.3. The van der Waals surface area contributed by atoms with Crippen LogP contribution in [-0.2, 0) is 12.0 Å². The summed E-state index contributed by atoms with van der Waals surface area (Å²) in [6.45, 7) is 8.85. The number of amides is 2. The molecule has 3 aromatic heterocycles. The highest BCUT2D eigenvalue weighted by molar-refractivity contribution is 7.09. The fourth-order valence-corrected chi connectivity index (χ4v) is 5.59. The van der Waals surface area contributed by atoms with Gasteiger partial charge in [0.25, 0.3) is 0 Å². The standard InChI is InChI=1S/C23H29N7O2S/c1-4-25-22(31)29-7-5-23(13-29)6-8-30-19(23)10-17(28-30)16-9-18(20(24)26-11-16)32-15(3)21-27-14(2)12-33-21/h9-12,15H,4-8,13H2,1-3H3,(H2,24,26)(H,25,31)/t15?,23-/m1/s1. The van der Waals surface area contributed by atoms with Crippen LogP contribution in [0.1, 0.15) is 49.2 Å². The zero-order valence-corrected chi connectivity index (χ0v) is 20.0. The van der Waals surface area contributed by atoms with E-state index in [1.54, 1.807) is 17.5 Å². The van der Waals surface area contributed by atoms with Gasteiger partial charge in [-0.2, -0.15) is 5.10 Å². The number of likely N-dealkylation sites (tertiary alicyclic amines) is 1. The fourth-order valence-electron chi connectivity index (χ4n) is 4.81. The predicted molar refractivity (Wildman–Crippen MR) is 127 cm³/mol. The van der Waals surface area contributed by atoms with Crippen molar-refractivity contribution in [2.24, 2.45) is 0 Å². The normalized spacial score (nSPS) is 20.3. The van der Waals surface area contributed by atoms with Gasteiger partial charge in [-0.15, -0.1) is 11.3 Å². The van der Waals surface area contributed by atoms with Gasteiger partial charge in [0.2, 0.25) is 0 Å². The van der Waals surface area contributed by atoms with Crippen molar-refractivity contribution in [3.05, 3.63) is 40.1 Å². The molecule has 2 aliphatic heterocycles. The van der Waals surface area contributed by atoms with Crippen molar-refractivity contribution >= 4 is 23.2 Å². The number of nitrogens with zero attached hydrogens (tertiary/aromatic N) is 5. The van der Waals surface area contributed by atoms with Crippen molar-refractivity contribution < 1.29 is 9.53 Å². The van der Waals surface area contributed by atoms with Crippen molar-refractivity contribution in [3.63, 3.8) is 0 Å². The minimum absolute atomic E-state index is 0.0154. The Bertz CT molecular complexity index is 1190. The first-order chi connectivity index (χ1) is 15.9. The highest BCUT2D eigenvalue weighted by atomic mass is 32.1. The minimum Gasteiger partial charge on any atom is -0.480 e. The van der Waals surface area contributed by atoms with Crippen LogP contribution >= 0.6 is 11.3 Å². The Morgan fingerprint density at radius 1 is 1.36 bits per heavy atom. The molecule has 3 N–H and O–H groups in total. The molecule has 2 atom stereocenters. The SMILES string of the molecule is CCNC(=O)N1CC[C@@]2(CCn3nc(-c4cnc(N)c(OC(C)c5nc(C)cs5)c4)cc32)C1. The van der Waals surface area contributed by atoms with E-state index in [2.05, 4.69) is 26.0 Å². The lowest BCUT2D eigenvalue weighted by Gasteiger charge is -2.23. The van der Waals surface area contributed by atoms with Crippen molar-refractivity contribution in [1.82, 2.24) is 30.0 Å². The quantitative estimate of drug-likeness (QED) is 0.594. The van der Waals surface area contributed by atoms with Gasteiger partial charge in [0.15, 0.2) is 11.6 Å². The fraction of sp³-hybridized carbons (Fsp3) is 0.478. The van der Waals surface area contributed by atoms with Gasteiger partial charge < -0.3 is 20.7 Å². The van der Waals surface area contributed by atoms with Crippen LogP contribution in [0, 0.1) is 6.92 Å². The van der Waals surface area contributed by atoms with Crippen molar-refractivity contribution in [2.45, 2.75) is 51.7 Å². The first-order valence-corrected chi connectivity index (χ1v) is 12.2. The molecule has 9 nitrogen and oxygen atoms in total. The second-order valence-corrected chi connectivity index (χ2v) is 9.76. The molecular weight excluding hydrogens is 438 g/mol. The molecule has 2 aliphatic rings. The summed E-state index contributed by atoms with van der Waals surface area (Å²) in [5, 5.41) is 10.7. The third-order valence-electron chi connectivity index (χ3n) is 6.56. The number of thiazole rings is 1. The summed E-state index contributed by atoms with van der Waals surface area (Å²) in [5.41, 5.74) is 9.95. The topological polar surface area (TPSA) is 111 Å². The van der Waals surface area contributed by atoms with Crippen LogP contribution < -0.4 is 15.8 Å². The Morgan fingerprint density at radius 2 is 2.18 bits per heavy atom. The number of hydrogen-bond donors (Lipinski definition) is 2. The summed E-state index contributed by atoms with van der Waals surface area (Å²) in [4.78, 5) is 23.1. The molecule has 10 heteroatoms. The van der Waals surface area contributed by atoms with E-state index in [1.807, 2.05) is 37.1 Å². The second-order valence-electron chi connectivity index (χ2n) is 8.87. The molecule has 0 aliphatic carbocycles. The third-order valence-corrected chi connectivity index (χ3v) is 7.68. The van der Waals surface area contributed by atoms with Gasteiger partial charge in [0, 0.05) is 60.1 Å². The number of fused-ring (bicyclic) bond motifs is 2. The number of carbonyl (C=O) groups is 1. The molecule has 5 rings (SSSR count). The Morgan fingerprint density at radius 3 is 2.94 bits per heavy atom. The lowest BCUT2D eigenvalue weighted by atomic mass is 9.82. The largest absolute Gasteiger partial charge is 0.480 e. The van der Waals surface area contributed by atoms with Crippen LogP contribution in [0.25, 0.3) is 11.3 Å². The molecule has 0 saturated carbocycles. The van der Waals surface area contributed by atoms with Gasteiger partial charge in [-0.05, 0) is 45.7 Å². The van der Waals surface area contributed by atoms with Crippen molar-refractivity contribution in [1.29, 1.82) is 0 Å². The summed E-state index contributed by atoms with van der Waals surface area (Å²) >= 11 is 1.57. The average Bonchev–Trinajstić information content (AvgIpc) is 3.56.